The number of rotatable bonds is 4. The Morgan fingerprint density at radius 3 is 2.50 bits per heavy atom. The molecule has 0 spiro atoms. The van der Waals surface area contributed by atoms with E-state index in [1.807, 2.05) is 13.8 Å². The standard InChI is InChI=1S/C17H18FNO3/c1-11(2)21-16-10-15(14(18)9-12(16)3)19-17(20)22-13-7-5-4-6-8-13/h4-11H,1-3H3,(H,19,20). The highest BCUT2D eigenvalue weighted by Crippen LogP contribution is 2.27. The lowest BCUT2D eigenvalue weighted by atomic mass is 10.2. The molecule has 0 heterocycles. The van der Waals surface area contributed by atoms with Crippen LogP contribution in [0.15, 0.2) is 42.5 Å². The van der Waals surface area contributed by atoms with Crippen LogP contribution in [0.2, 0.25) is 0 Å². The van der Waals surface area contributed by atoms with Crippen LogP contribution in [0.1, 0.15) is 19.4 Å². The molecule has 2 aromatic carbocycles. The number of hydrogen-bond donors (Lipinski definition) is 1. The smallest absolute Gasteiger partial charge is 0.417 e. The average molecular weight is 303 g/mol. The minimum absolute atomic E-state index is 0.0159. The molecule has 0 saturated heterocycles. The average Bonchev–Trinajstić information content (AvgIpc) is 2.44. The van der Waals surface area contributed by atoms with E-state index in [9.17, 15) is 9.18 Å². The fraction of sp³-hybridized carbons (Fsp3) is 0.235. The number of halogens is 1. The van der Waals surface area contributed by atoms with Gasteiger partial charge in [-0.05, 0) is 44.5 Å². The molecule has 2 rings (SSSR count). The van der Waals surface area contributed by atoms with Crippen molar-refractivity contribution < 1.29 is 18.7 Å². The zero-order valence-corrected chi connectivity index (χ0v) is 12.7. The first-order chi connectivity index (χ1) is 10.5. The van der Waals surface area contributed by atoms with Crippen LogP contribution in [0.25, 0.3) is 0 Å². The van der Waals surface area contributed by atoms with Gasteiger partial charge in [-0.15, -0.1) is 0 Å². The molecule has 1 amide bonds. The van der Waals surface area contributed by atoms with Crippen molar-refractivity contribution in [2.75, 3.05) is 5.32 Å². The molecule has 0 bridgehead atoms. The second-order valence-corrected chi connectivity index (χ2v) is 5.09. The molecule has 116 valence electrons. The van der Waals surface area contributed by atoms with Gasteiger partial charge >= 0.3 is 6.09 Å². The molecule has 4 nitrogen and oxygen atoms in total. The summed E-state index contributed by atoms with van der Waals surface area (Å²) < 4.78 is 24.6. The summed E-state index contributed by atoms with van der Waals surface area (Å²) in [6.45, 7) is 5.49. The molecular weight excluding hydrogens is 285 g/mol. The Bertz CT molecular complexity index is 656. The van der Waals surface area contributed by atoms with E-state index in [1.54, 1.807) is 37.3 Å². The molecule has 5 heteroatoms. The van der Waals surface area contributed by atoms with Crippen LogP contribution in [0.4, 0.5) is 14.9 Å². The zero-order valence-electron chi connectivity index (χ0n) is 12.7. The van der Waals surface area contributed by atoms with Crippen molar-refractivity contribution in [3.63, 3.8) is 0 Å². The number of nitrogens with one attached hydrogen (secondary N) is 1. The highest BCUT2D eigenvalue weighted by Gasteiger charge is 2.13. The highest BCUT2D eigenvalue weighted by atomic mass is 19.1. The molecule has 0 unspecified atom stereocenters. The van der Waals surface area contributed by atoms with Gasteiger partial charge in [-0.1, -0.05) is 18.2 Å². The largest absolute Gasteiger partial charge is 0.491 e. The summed E-state index contributed by atoms with van der Waals surface area (Å²) in [5, 5.41) is 2.38. The van der Waals surface area contributed by atoms with Gasteiger partial charge in [0.05, 0.1) is 11.8 Å². The minimum atomic E-state index is -0.760. The van der Waals surface area contributed by atoms with Crippen molar-refractivity contribution in [2.45, 2.75) is 26.9 Å². The molecule has 22 heavy (non-hydrogen) atoms. The first-order valence-corrected chi connectivity index (χ1v) is 6.96. The van der Waals surface area contributed by atoms with Crippen LogP contribution in [0.5, 0.6) is 11.5 Å². The summed E-state index contributed by atoms with van der Waals surface area (Å²) in [4.78, 5) is 11.8. The number of benzene rings is 2. The van der Waals surface area contributed by atoms with Gasteiger partial charge in [-0.25, -0.2) is 9.18 Å². The minimum Gasteiger partial charge on any atom is -0.491 e. The number of hydrogen-bond acceptors (Lipinski definition) is 3. The third-order valence-electron chi connectivity index (χ3n) is 2.82. The van der Waals surface area contributed by atoms with E-state index in [0.29, 0.717) is 17.1 Å². The van der Waals surface area contributed by atoms with Gasteiger partial charge in [0.15, 0.2) is 0 Å². The molecule has 0 fully saturated rings. The van der Waals surface area contributed by atoms with Gasteiger partial charge in [0.1, 0.15) is 17.3 Å². The molecule has 0 saturated carbocycles. The van der Waals surface area contributed by atoms with Crippen molar-refractivity contribution in [1.29, 1.82) is 0 Å². The molecule has 0 aliphatic rings. The third-order valence-corrected chi connectivity index (χ3v) is 2.82. The predicted octanol–water partition coefficient (Wildman–Crippen LogP) is 4.53. The Hall–Kier alpha value is -2.56. The topological polar surface area (TPSA) is 47.6 Å². The van der Waals surface area contributed by atoms with Crippen molar-refractivity contribution in [3.05, 3.63) is 53.8 Å². The number of amides is 1. The summed E-state index contributed by atoms with van der Waals surface area (Å²) in [5.41, 5.74) is 0.676. The summed E-state index contributed by atoms with van der Waals surface area (Å²) in [6, 6.07) is 11.3. The maximum absolute atomic E-state index is 13.9. The van der Waals surface area contributed by atoms with E-state index in [2.05, 4.69) is 5.32 Å². The lowest BCUT2D eigenvalue weighted by Crippen LogP contribution is -2.18. The van der Waals surface area contributed by atoms with E-state index < -0.39 is 11.9 Å². The van der Waals surface area contributed by atoms with Crippen LogP contribution in [0.3, 0.4) is 0 Å². The zero-order chi connectivity index (χ0) is 16.1. The normalized spacial score (nSPS) is 10.4. The molecule has 0 aromatic heterocycles. The van der Waals surface area contributed by atoms with E-state index in [0.717, 1.165) is 0 Å². The maximum atomic E-state index is 13.9. The number of carbonyl (C=O) groups excluding carboxylic acids is 1. The molecule has 0 atom stereocenters. The fourth-order valence-corrected chi connectivity index (χ4v) is 1.86. The van der Waals surface area contributed by atoms with Crippen molar-refractivity contribution in [1.82, 2.24) is 0 Å². The maximum Gasteiger partial charge on any atom is 0.417 e. The van der Waals surface area contributed by atoms with Crippen LogP contribution in [0, 0.1) is 12.7 Å². The lowest BCUT2D eigenvalue weighted by molar-refractivity contribution is 0.215. The van der Waals surface area contributed by atoms with E-state index >= 15 is 0 Å². The van der Waals surface area contributed by atoms with Crippen LogP contribution in [-0.4, -0.2) is 12.2 Å². The van der Waals surface area contributed by atoms with Gasteiger partial charge in [0.2, 0.25) is 0 Å². The van der Waals surface area contributed by atoms with Crippen molar-refractivity contribution >= 4 is 11.8 Å². The van der Waals surface area contributed by atoms with Crippen molar-refractivity contribution in [2.24, 2.45) is 0 Å². The van der Waals surface area contributed by atoms with E-state index in [-0.39, 0.29) is 11.8 Å². The summed E-state index contributed by atoms with van der Waals surface area (Å²) in [5.74, 6) is 0.358. The molecule has 0 aliphatic heterocycles. The Kier molecular flexibility index (Phi) is 4.99. The fourth-order valence-electron chi connectivity index (χ4n) is 1.86. The number of aryl methyl sites for hydroxylation is 1. The Morgan fingerprint density at radius 1 is 1.18 bits per heavy atom. The molecule has 0 radical (unpaired) electrons. The van der Waals surface area contributed by atoms with Crippen molar-refractivity contribution in [3.8, 4) is 11.5 Å². The number of para-hydroxylation sites is 1. The van der Waals surface area contributed by atoms with E-state index in [1.165, 1.54) is 12.1 Å². The monoisotopic (exact) mass is 303 g/mol. The van der Waals surface area contributed by atoms with Crippen LogP contribution < -0.4 is 14.8 Å². The first kappa shape index (κ1) is 15.8. The Morgan fingerprint density at radius 2 is 1.86 bits per heavy atom. The number of anilines is 1. The summed E-state index contributed by atoms with van der Waals surface area (Å²) in [7, 11) is 0. The van der Waals surface area contributed by atoms with Crippen LogP contribution in [-0.2, 0) is 0 Å². The molecular formula is C17H18FNO3. The lowest BCUT2D eigenvalue weighted by Gasteiger charge is -2.15. The quantitative estimate of drug-likeness (QED) is 0.902. The number of ether oxygens (including phenoxy) is 2. The molecule has 2 aromatic rings. The van der Waals surface area contributed by atoms with Crippen LogP contribution >= 0.6 is 0 Å². The van der Waals surface area contributed by atoms with Gasteiger partial charge in [-0.3, -0.25) is 5.32 Å². The second-order valence-electron chi connectivity index (χ2n) is 5.09. The Balaban J connectivity index is 2.13. The van der Waals surface area contributed by atoms with Gasteiger partial charge < -0.3 is 9.47 Å². The van der Waals surface area contributed by atoms with Gasteiger partial charge in [0.25, 0.3) is 0 Å². The summed E-state index contributed by atoms with van der Waals surface area (Å²) in [6.07, 6.45) is -0.808. The second kappa shape index (κ2) is 6.93. The third kappa shape index (κ3) is 4.22. The molecule has 0 aliphatic carbocycles. The Labute approximate surface area is 128 Å². The molecule has 1 N–H and O–H groups in total. The van der Waals surface area contributed by atoms with Gasteiger partial charge in [0, 0.05) is 6.07 Å². The van der Waals surface area contributed by atoms with E-state index in [4.69, 9.17) is 9.47 Å². The number of carbonyl (C=O) groups is 1. The first-order valence-electron chi connectivity index (χ1n) is 6.96. The SMILES string of the molecule is Cc1cc(F)c(NC(=O)Oc2ccccc2)cc1OC(C)C. The predicted molar refractivity (Wildman–Crippen MR) is 83.0 cm³/mol. The highest BCUT2D eigenvalue weighted by molar-refractivity contribution is 5.86. The van der Waals surface area contributed by atoms with Gasteiger partial charge in [-0.2, -0.15) is 0 Å². The summed E-state index contributed by atoms with van der Waals surface area (Å²) >= 11 is 0.